The van der Waals surface area contributed by atoms with Crippen LogP contribution in [0.25, 0.3) is 0 Å². The molecule has 2 amide bonds. The van der Waals surface area contributed by atoms with Crippen molar-refractivity contribution in [2.24, 2.45) is 10.1 Å². The molecule has 9 nitrogen and oxygen atoms in total. The normalized spacial score (nSPS) is 15.6. The highest BCUT2D eigenvalue weighted by Crippen LogP contribution is 2.23. The summed E-state index contributed by atoms with van der Waals surface area (Å²) in [7, 11) is 3.11. The first-order chi connectivity index (χ1) is 14.1. The van der Waals surface area contributed by atoms with E-state index in [1.807, 2.05) is 24.3 Å². The Morgan fingerprint density at radius 1 is 1.17 bits per heavy atom. The molecule has 0 saturated heterocycles. The Balaban J connectivity index is 1.54. The molecule has 0 aromatic heterocycles. The number of hydrogen-bond donors (Lipinski definition) is 3. The van der Waals surface area contributed by atoms with Crippen molar-refractivity contribution in [2.45, 2.75) is 12.5 Å². The van der Waals surface area contributed by atoms with E-state index < -0.39 is 6.04 Å². The number of rotatable bonds is 7. The van der Waals surface area contributed by atoms with E-state index in [-0.39, 0.29) is 24.2 Å². The monoisotopic (exact) mass is 395 g/mol. The molecule has 29 heavy (non-hydrogen) atoms. The van der Waals surface area contributed by atoms with Gasteiger partial charge in [0.15, 0.2) is 0 Å². The van der Waals surface area contributed by atoms with Gasteiger partial charge in [-0.05, 0) is 42.0 Å². The predicted octanol–water partition coefficient (Wildman–Crippen LogP) is 1.51. The maximum atomic E-state index is 12.3. The second-order valence-electron chi connectivity index (χ2n) is 6.08. The number of guanidine groups is 1. The number of aliphatic imine (C=N–C) groups is 1. The van der Waals surface area contributed by atoms with Crippen LogP contribution in [0.15, 0.2) is 58.6 Å². The fraction of sp³-hybridized carbons (Fsp3) is 0.200. The lowest BCUT2D eigenvalue weighted by molar-refractivity contribution is -0.123. The topological polar surface area (TPSA) is 113 Å². The fourth-order valence-electron chi connectivity index (χ4n) is 2.62. The molecule has 0 aliphatic carbocycles. The Morgan fingerprint density at radius 2 is 1.93 bits per heavy atom. The van der Waals surface area contributed by atoms with Crippen LogP contribution >= 0.6 is 0 Å². The Labute approximate surface area is 167 Å². The number of benzene rings is 2. The number of nitrogens with one attached hydrogen (secondary N) is 3. The SMILES string of the molecule is COc1ccc(/C=N/NC2=NC(CC(=O)Nc3ccccc3OC)C(=O)N2)cc1. The Hall–Kier alpha value is -3.88. The van der Waals surface area contributed by atoms with Gasteiger partial charge < -0.3 is 14.8 Å². The highest BCUT2D eigenvalue weighted by Gasteiger charge is 2.28. The summed E-state index contributed by atoms with van der Waals surface area (Å²) >= 11 is 0. The maximum absolute atomic E-state index is 12.3. The fourth-order valence-corrected chi connectivity index (χ4v) is 2.62. The summed E-state index contributed by atoms with van der Waals surface area (Å²) in [6, 6.07) is 13.5. The van der Waals surface area contributed by atoms with Crippen LogP contribution < -0.4 is 25.5 Å². The molecule has 1 aliphatic heterocycles. The van der Waals surface area contributed by atoms with E-state index in [2.05, 4.69) is 26.2 Å². The van der Waals surface area contributed by atoms with Crippen molar-refractivity contribution in [3.8, 4) is 11.5 Å². The van der Waals surface area contributed by atoms with Crippen LogP contribution in [-0.2, 0) is 9.59 Å². The predicted molar refractivity (Wildman–Crippen MR) is 109 cm³/mol. The third-order valence-corrected chi connectivity index (χ3v) is 4.09. The molecule has 0 saturated carbocycles. The zero-order chi connectivity index (χ0) is 20.6. The van der Waals surface area contributed by atoms with Gasteiger partial charge in [-0.3, -0.25) is 14.9 Å². The molecule has 2 aromatic carbocycles. The van der Waals surface area contributed by atoms with Gasteiger partial charge in [0, 0.05) is 0 Å². The summed E-state index contributed by atoms with van der Waals surface area (Å²) in [5, 5.41) is 9.33. The van der Waals surface area contributed by atoms with Crippen LogP contribution in [0, 0.1) is 0 Å². The second-order valence-corrected chi connectivity index (χ2v) is 6.08. The molecule has 3 rings (SSSR count). The quantitative estimate of drug-likeness (QED) is 0.486. The van der Waals surface area contributed by atoms with E-state index in [1.165, 1.54) is 7.11 Å². The molecule has 2 aromatic rings. The number of carbonyl (C=O) groups excluding carboxylic acids is 2. The summed E-state index contributed by atoms with van der Waals surface area (Å²) in [4.78, 5) is 28.5. The Kier molecular flexibility index (Phi) is 6.41. The molecule has 1 heterocycles. The summed E-state index contributed by atoms with van der Waals surface area (Å²) in [6.45, 7) is 0. The van der Waals surface area contributed by atoms with Crippen molar-refractivity contribution in [3.63, 3.8) is 0 Å². The van der Waals surface area contributed by atoms with Gasteiger partial charge >= 0.3 is 0 Å². The molecule has 1 aliphatic rings. The molecule has 9 heteroatoms. The molecule has 0 fully saturated rings. The van der Waals surface area contributed by atoms with Gasteiger partial charge in [0.2, 0.25) is 11.9 Å². The first-order valence-corrected chi connectivity index (χ1v) is 8.83. The largest absolute Gasteiger partial charge is 0.497 e. The van der Waals surface area contributed by atoms with Crippen LogP contribution in [0.4, 0.5) is 5.69 Å². The van der Waals surface area contributed by atoms with Crippen LogP contribution in [0.2, 0.25) is 0 Å². The number of carbonyl (C=O) groups is 2. The van der Waals surface area contributed by atoms with Gasteiger partial charge in [0.25, 0.3) is 5.91 Å². The third-order valence-electron chi connectivity index (χ3n) is 4.09. The highest BCUT2D eigenvalue weighted by atomic mass is 16.5. The molecule has 0 spiro atoms. The van der Waals surface area contributed by atoms with Crippen molar-refractivity contribution in [1.29, 1.82) is 0 Å². The highest BCUT2D eigenvalue weighted by molar-refractivity contribution is 6.07. The average Bonchev–Trinajstić information content (AvgIpc) is 3.07. The molecule has 1 atom stereocenters. The molecule has 1 unspecified atom stereocenters. The number of nitrogens with zero attached hydrogens (tertiary/aromatic N) is 2. The number of para-hydroxylation sites is 2. The first-order valence-electron chi connectivity index (χ1n) is 8.83. The summed E-state index contributed by atoms with van der Waals surface area (Å²) in [5.74, 6) is 0.755. The molecule has 150 valence electrons. The summed E-state index contributed by atoms with van der Waals surface area (Å²) < 4.78 is 10.3. The number of hydrogen-bond acceptors (Lipinski definition) is 7. The van der Waals surface area contributed by atoms with E-state index in [0.717, 1.165) is 11.3 Å². The number of hydrazone groups is 1. The zero-order valence-electron chi connectivity index (χ0n) is 16.0. The second kappa shape index (κ2) is 9.36. The van der Waals surface area contributed by atoms with Crippen LogP contribution in [0.3, 0.4) is 0 Å². The van der Waals surface area contributed by atoms with Gasteiger partial charge in [-0.15, -0.1) is 0 Å². The zero-order valence-corrected chi connectivity index (χ0v) is 16.0. The van der Waals surface area contributed by atoms with Crippen LogP contribution in [0.5, 0.6) is 11.5 Å². The lowest BCUT2D eigenvalue weighted by atomic mass is 10.2. The van der Waals surface area contributed by atoms with Crippen molar-refractivity contribution in [2.75, 3.05) is 19.5 Å². The number of amides is 2. The van der Waals surface area contributed by atoms with Gasteiger partial charge in [-0.25, -0.2) is 10.4 Å². The van der Waals surface area contributed by atoms with Gasteiger partial charge in [-0.2, -0.15) is 5.10 Å². The minimum absolute atomic E-state index is 0.0999. The standard InChI is InChI=1S/C20H21N5O4/c1-28-14-9-7-13(8-10-14)12-21-25-20-23-16(19(27)24-20)11-18(26)22-15-5-3-4-6-17(15)29-2/h3-10,12,16H,11H2,1-2H3,(H,22,26)(H2,23,24,25,27)/b21-12+. The van der Waals surface area contributed by atoms with E-state index in [4.69, 9.17) is 9.47 Å². The molecular weight excluding hydrogens is 374 g/mol. The number of anilines is 1. The van der Waals surface area contributed by atoms with E-state index in [0.29, 0.717) is 11.4 Å². The maximum Gasteiger partial charge on any atom is 0.252 e. The van der Waals surface area contributed by atoms with E-state index in [9.17, 15) is 9.59 Å². The smallest absolute Gasteiger partial charge is 0.252 e. The first kappa shape index (κ1) is 19.9. The molecule has 0 radical (unpaired) electrons. The van der Waals surface area contributed by atoms with E-state index >= 15 is 0 Å². The van der Waals surface area contributed by atoms with Crippen LogP contribution in [0.1, 0.15) is 12.0 Å². The van der Waals surface area contributed by atoms with Gasteiger partial charge in [-0.1, -0.05) is 12.1 Å². The number of ether oxygens (including phenoxy) is 2. The average molecular weight is 395 g/mol. The molecule has 0 bridgehead atoms. The van der Waals surface area contributed by atoms with Crippen LogP contribution in [-0.4, -0.2) is 44.2 Å². The van der Waals surface area contributed by atoms with Crippen molar-refractivity contribution >= 4 is 29.7 Å². The summed E-state index contributed by atoms with van der Waals surface area (Å²) in [6.07, 6.45) is 1.48. The van der Waals surface area contributed by atoms with Crippen molar-refractivity contribution in [3.05, 3.63) is 54.1 Å². The van der Waals surface area contributed by atoms with Gasteiger partial charge in [0.1, 0.15) is 17.5 Å². The Morgan fingerprint density at radius 3 is 2.66 bits per heavy atom. The third kappa shape index (κ3) is 5.32. The van der Waals surface area contributed by atoms with Crippen molar-refractivity contribution in [1.82, 2.24) is 10.7 Å². The summed E-state index contributed by atoms with van der Waals surface area (Å²) in [5.41, 5.74) is 4.04. The van der Waals surface area contributed by atoms with E-state index in [1.54, 1.807) is 37.6 Å². The lowest BCUT2D eigenvalue weighted by Gasteiger charge is -2.10. The molecular formula is C20H21N5O4. The molecule has 3 N–H and O–H groups in total. The minimum atomic E-state index is -0.830. The number of methoxy groups -OCH3 is 2. The van der Waals surface area contributed by atoms with Crippen molar-refractivity contribution < 1.29 is 19.1 Å². The Bertz CT molecular complexity index is 940. The minimum Gasteiger partial charge on any atom is -0.497 e. The van der Waals surface area contributed by atoms with Gasteiger partial charge in [0.05, 0.1) is 32.5 Å². The lowest BCUT2D eigenvalue weighted by Crippen LogP contribution is -2.35.